The van der Waals surface area contributed by atoms with Crippen molar-refractivity contribution in [1.29, 1.82) is 0 Å². The van der Waals surface area contributed by atoms with Gasteiger partial charge in [-0.15, -0.1) is 0 Å². The summed E-state index contributed by atoms with van der Waals surface area (Å²) in [4.78, 5) is 39.8. The normalized spacial score (nSPS) is 13.3. The lowest BCUT2D eigenvalue weighted by molar-refractivity contribution is 0.0596. The first-order valence-corrected chi connectivity index (χ1v) is 11.5. The van der Waals surface area contributed by atoms with Crippen molar-refractivity contribution < 1.29 is 38.8 Å². The average molecular weight is 488 g/mol. The second kappa shape index (κ2) is 8.41. The van der Waals surface area contributed by atoms with Gasteiger partial charge in [0, 0.05) is 28.3 Å². The Morgan fingerprint density at radius 3 is 2.31 bits per heavy atom. The molecule has 0 saturated heterocycles. The van der Waals surface area contributed by atoms with Crippen molar-refractivity contribution in [1.82, 2.24) is 0 Å². The van der Waals surface area contributed by atoms with E-state index in [-0.39, 0.29) is 57.4 Å². The van der Waals surface area contributed by atoms with Crippen LogP contribution in [0, 0.1) is 6.92 Å². The van der Waals surface area contributed by atoms with E-state index in [1.165, 1.54) is 26.4 Å². The fourth-order valence-electron chi connectivity index (χ4n) is 5.27. The number of hydrogen-bond donors (Lipinski definition) is 2. The molecule has 8 nitrogen and oxygen atoms in total. The maximum atomic E-state index is 13.7. The van der Waals surface area contributed by atoms with Crippen molar-refractivity contribution in [3.8, 4) is 34.1 Å². The van der Waals surface area contributed by atoms with E-state index in [0.717, 1.165) is 5.56 Å². The van der Waals surface area contributed by atoms with Crippen LogP contribution in [0.25, 0.3) is 11.1 Å². The molecule has 5 rings (SSSR count). The van der Waals surface area contributed by atoms with Gasteiger partial charge in [-0.1, -0.05) is 6.07 Å². The van der Waals surface area contributed by atoms with E-state index < -0.39 is 17.5 Å². The molecule has 2 aliphatic carbocycles. The van der Waals surface area contributed by atoms with Crippen LogP contribution in [0.1, 0.15) is 65.8 Å². The molecule has 0 spiro atoms. The van der Waals surface area contributed by atoms with Gasteiger partial charge >= 0.3 is 5.97 Å². The Morgan fingerprint density at radius 2 is 1.64 bits per heavy atom. The molecule has 8 heteroatoms. The van der Waals surface area contributed by atoms with Crippen molar-refractivity contribution >= 4 is 17.5 Å². The van der Waals surface area contributed by atoms with E-state index in [1.807, 2.05) is 6.07 Å². The zero-order valence-corrected chi connectivity index (χ0v) is 20.3. The molecule has 3 aromatic carbocycles. The minimum Gasteiger partial charge on any atom is -0.507 e. The van der Waals surface area contributed by atoms with Gasteiger partial charge in [-0.25, -0.2) is 4.79 Å². The van der Waals surface area contributed by atoms with Crippen LogP contribution in [-0.4, -0.2) is 48.6 Å². The Hall–Kier alpha value is -4.33. The molecular formula is C28H24O8. The highest BCUT2D eigenvalue weighted by Gasteiger charge is 2.39. The van der Waals surface area contributed by atoms with Crippen molar-refractivity contribution in [2.24, 2.45) is 0 Å². The number of ketones is 2. The number of fused-ring (bicyclic) bond motifs is 5. The summed E-state index contributed by atoms with van der Waals surface area (Å²) in [6.07, 6.45) is 1.02. The quantitative estimate of drug-likeness (QED) is 0.412. The number of ether oxygens (including phenoxy) is 3. The van der Waals surface area contributed by atoms with Gasteiger partial charge in [-0.05, 0) is 55.5 Å². The van der Waals surface area contributed by atoms with Crippen molar-refractivity contribution in [2.45, 2.75) is 26.7 Å². The highest BCUT2D eigenvalue weighted by atomic mass is 16.5. The molecule has 0 atom stereocenters. The van der Waals surface area contributed by atoms with E-state index in [0.29, 0.717) is 35.1 Å². The predicted octanol–water partition coefficient (Wildman–Crippen LogP) is 4.14. The van der Waals surface area contributed by atoms with Gasteiger partial charge in [0.15, 0.2) is 5.78 Å². The lowest BCUT2D eigenvalue weighted by Crippen LogP contribution is -2.24. The minimum atomic E-state index is -0.675. The zero-order valence-electron chi connectivity index (χ0n) is 20.3. The van der Waals surface area contributed by atoms with Crippen LogP contribution in [0.2, 0.25) is 0 Å². The van der Waals surface area contributed by atoms with Crippen LogP contribution in [0.5, 0.6) is 23.0 Å². The third-order valence-corrected chi connectivity index (χ3v) is 6.83. The Balaban J connectivity index is 1.84. The Bertz CT molecular complexity index is 1500. The summed E-state index contributed by atoms with van der Waals surface area (Å²) < 4.78 is 16.0. The van der Waals surface area contributed by atoms with Crippen LogP contribution in [0.3, 0.4) is 0 Å². The summed E-state index contributed by atoms with van der Waals surface area (Å²) in [5, 5.41) is 21.8. The first-order chi connectivity index (χ1) is 17.2. The Morgan fingerprint density at radius 1 is 0.917 bits per heavy atom. The average Bonchev–Trinajstić information content (AvgIpc) is 2.85. The zero-order chi connectivity index (χ0) is 25.9. The highest BCUT2D eigenvalue weighted by Crippen LogP contribution is 2.49. The number of phenols is 2. The van der Waals surface area contributed by atoms with Crippen molar-refractivity contribution in [3.63, 3.8) is 0 Å². The third-order valence-electron chi connectivity index (χ3n) is 6.83. The van der Waals surface area contributed by atoms with Crippen LogP contribution >= 0.6 is 0 Å². The van der Waals surface area contributed by atoms with Gasteiger partial charge in [0.25, 0.3) is 0 Å². The van der Waals surface area contributed by atoms with Gasteiger partial charge in [-0.2, -0.15) is 0 Å². The summed E-state index contributed by atoms with van der Waals surface area (Å²) in [6.45, 7) is 3.72. The summed E-state index contributed by atoms with van der Waals surface area (Å²) in [6, 6.07) is 6.11. The molecule has 0 fully saturated rings. The molecule has 2 aliphatic rings. The molecule has 184 valence electrons. The summed E-state index contributed by atoms with van der Waals surface area (Å²) in [7, 11) is 2.64. The number of benzene rings is 3. The summed E-state index contributed by atoms with van der Waals surface area (Å²) in [5.74, 6) is -1.80. The van der Waals surface area contributed by atoms with E-state index in [2.05, 4.69) is 0 Å². The second-order valence-electron chi connectivity index (χ2n) is 8.76. The molecule has 0 bridgehead atoms. The van der Waals surface area contributed by atoms with Crippen LogP contribution in [-0.2, 0) is 17.6 Å². The molecule has 0 unspecified atom stereocenters. The molecule has 3 aromatic rings. The molecular weight excluding hydrogens is 464 g/mol. The van der Waals surface area contributed by atoms with Gasteiger partial charge in [0.2, 0.25) is 5.78 Å². The maximum Gasteiger partial charge on any atom is 0.341 e. The number of aromatic hydroxyl groups is 2. The van der Waals surface area contributed by atoms with Gasteiger partial charge in [-0.3, -0.25) is 9.59 Å². The second-order valence-corrected chi connectivity index (χ2v) is 8.76. The summed E-state index contributed by atoms with van der Waals surface area (Å²) in [5.41, 5.74) is 3.09. The number of methoxy groups -OCH3 is 2. The SMILES string of the molecule is CCOc1c2c(cc3c1C(=O)c1c(O)cc(OC)cc1C3=O)-c1c(cc(C)c(C(=O)OC)c1O)CC2. The predicted molar refractivity (Wildman–Crippen MR) is 130 cm³/mol. The standard InChI is InChI=1S/C28H24O8/c1-5-36-27-15-7-6-13-8-12(2)20(28(33)35-4)25(31)21(13)16(15)11-18-23(27)26(32)22-17(24(18)30)9-14(34-3)10-19(22)29/h8-11,29,31H,5-7H2,1-4H3. The fourth-order valence-corrected chi connectivity index (χ4v) is 5.27. The molecule has 0 amide bonds. The van der Waals surface area contributed by atoms with E-state index in [4.69, 9.17) is 14.2 Å². The Kier molecular flexibility index (Phi) is 5.47. The molecule has 0 saturated carbocycles. The number of carbonyl (C=O) groups is 3. The number of carbonyl (C=O) groups excluding carboxylic acids is 3. The molecule has 0 heterocycles. The fraction of sp³-hybridized carbons (Fsp3) is 0.250. The first-order valence-electron chi connectivity index (χ1n) is 11.5. The summed E-state index contributed by atoms with van der Waals surface area (Å²) >= 11 is 0. The lowest BCUT2D eigenvalue weighted by atomic mass is 9.76. The number of esters is 1. The maximum absolute atomic E-state index is 13.7. The van der Waals surface area contributed by atoms with Crippen LogP contribution in [0.4, 0.5) is 0 Å². The molecule has 36 heavy (non-hydrogen) atoms. The largest absolute Gasteiger partial charge is 0.507 e. The number of phenolic OH excluding ortho intramolecular Hbond substituents is 2. The highest BCUT2D eigenvalue weighted by molar-refractivity contribution is 6.31. The van der Waals surface area contributed by atoms with E-state index in [9.17, 15) is 24.6 Å². The van der Waals surface area contributed by atoms with Crippen molar-refractivity contribution in [3.05, 3.63) is 68.8 Å². The first kappa shape index (κ1) is 23.4. The number of aryl methyl sites for hydroxylation is 2. The van der Waals surface area contributed by atoms with Gasteiger partial charge < -0.3 is 24.4 Å². The smallest absolute Gasteiger partial charge is 0.341 e. The molecule has 0 radical (unpaired) electrons. The van der Waals surface area contributed by atoms with Crippen molar-refractivity contribution in [2.75, 3.05) is 20.8 Å². The number of rotatable bonds is 4. The molecule has 0 aliphatic heterocycles. The lowest BCUT2D eigenvalue weighted by Gasteiger charge is -2.29. The number of hydrogen-bond acceptors (Lipinski definition) is 8. The monoisotopic (exact) mass is 488 g/mol. The Labute approximate surface area is 207 Å². The topological polar surface area (TPSA) is 119 Å². The van der Waals surface area contributed by atoms with Gasteiger partial charge in [0.1, 0.15) is 28.6 Å². The van der Waals surface area contributed by atoms with E-state index >= 15 is 0 Å². The molecule has 2 N–H and O–H groups in total. The third kappa shape index (κ3) is 3.17. The van der Waals surface area contributed by atoms with Gasteiger partial charge in [0.05, 0.1) is 32.0 Å². The van der Waals surface area contributed by atoms with Crippen LogP contribution in [0.15, 0.2) is 24.3 Å². The van der Waals surface area contributed by atoms with E-state index in [1.54, 1.807) is 19.9 Å². The van der Waals surface area contributed by atoms with Crippen LogP contribution < -0.4 is 9.47 Å². The molecule has 0 aromatic heterocycles. The minimum absolute atomic E-state index is 0.0196.